The van der Waals surface area contributed by atoms with Gasteiger partial charge in [0.15, 0.2) is 0 Å². The Bertz CT molecular complexity index is 4590. The maximum absolute atomic E-state index is 2.67. The number of benzene rings is 11. The lowest BCUT2D eigenvalue weighted by Gasteiger charge is -2.37. The van der Waals surface area contributed by atoms with Crippen LogP contribution in [0.1, 0.15) is 256 Å². The van der Waals surface area contributed by atoms with Crippen molar-refractivity contribution in [3.8, 4) is 0 Å². The van der Waals surface area contributed by atoms with Crippen molar-refractivity contribution < 1.29 is 0 Å². The fourth-order valence-corrected chi connectivity index (χ4v) is 19.8. The van der Waals surface area contributed by atoms with Gasteiger partial charge in [-0.15, -0.1) is 0 Å². The topological polar surface area (TPSA) is 6.48 Å². The van der Waals surface area contributed by atoms with E-state index in [1.54, 1.807) is 0 Å². The monoisotopic (exact) mass is 1380 g/mol. The largest absolute Gasteiger partial charge is 0.309 e. The molecule has 0 saturated heterocycles. The molecule has 0 spiro atoms. The molecule has 104 heavy (non-hydrogen) atoms. The number of anilines is 6. The first-order valence-corrected chi connectivity index (χ1v) is 38.6. The van der Waals surface area contributed by atoms with E-state index in [4.69, 9.17) is 0 Å². The zero-order valence-corrected chi connectivity index (χ0v) is 71.1. The number of aryl methyl sites for hydroxylation is 4. The molecule has 0 aliphatic heterocycles. The minimum atomic E-state index is -0.276. The van der Waals surface area contributed by atoms with Gasteiger partial charge in [-0.3, -0.25) is 0 Å². The molecular formula is C102H124N2. The van der Waals surface area contributed by atoms with Gasteiger partial charge in [-0.05, 0) is 443 Å². The minimum Gasteiger partial charge on any atom is -0.309 e. The molecule has 0 aromatic heterocycles. The van der Waals surface area contributed by atoms with Gasteiger partial charge in [-0.25, -0.2) is 0 Å². The van der Waals surface area contributed by atoms with E-state index in [1.807, 2.05) is 0 Å². The van der Waals surface area contributed by atoms with E-state index in [9.17, 15) is 0 Å². The molecule has 11 aromatic rings. The Kier molecular flexibility index (Phi) is 19.8. The van der Waals surface area contributed by atoms with Crippen LogP contribution < -0.4 is 9.80 Å². The number of fused-ring (bicyclic) bond motifs is 2. The Balaban J connectivity index is 1.27. The normalized spacial score (nSPS) is 12.4. The van der Waals surface area contributed by atoms with Crippen LogP contribution >= 0.6 is 0 Å². The van der Waals surface area contributed by atoms with Gasteiger partial charge >= 0.3 is 0 Å². The lowest BCUT2D eigenvalue weighted by Crippen LogP contribution is -2.24. The zero-order valence-electron chi connectivity index (χ0n) is 71.1. The van der Waals surface area contributed by atoms with Crippen LogP contribution in [0.3, 0.4) is 0 Å². The van der Waals surface area contributed by atoms with E-state index in [0.717, 1.165) is 22.7 Å². The summed E-state index contributed by atoms with van der Waals surface area (Å²) in [5.74, 6) is 0. The Morgan fingerprint density at radius 1 is 0.154 bits per heavy atom. The van der Waals surface area contributed by atoms with E-state index in [-0.39, 0.29) is 21.7 Å². The van der Waals surface area contributed by atoms with Crippen LogP contribution in [0.2, 0.25) is 0 Å². The molecule has 542 valence electrons. The smallest absolute Gasteiger partial charge is 0.0625 e. The summed E-state index contributed by atoms with van der Waals surface area (Å²) in [6.45, 7) is 85.1. The zero-order chi connectivity index (χ0) is 77.0. The first-order chi connectivity index (χ1) is 48.3. The second-order valence-electron chi connectivity index (χ2n) is 34.6. The summed E-state index contributed by atoms with van der Waals surface area (Å²) >= 11 is 0. The molecule has 0 radical (unpaired) electrons. The van der Waals surface area contributed by atoms with Gasteiger partial charge in [0, 0.05) is 66.0 Å². The van der Waals surface area contributed by atoms with E-state index >= 15 is 0 Å². The molecule has 0 aliphatic carbocycles. The van der Waals surface area contributed by atoms with Crippen molar-refractivity contribution in [1.29, 1.82) is 0 Å². The summed E-state index contributed by atoms with van der Waals surface area (Å²) in [5.41, 5.74) is 55.0. The lowest BCUT2D eigenvalue weighted by atomic mass is 9.71. The van der Waals surface area contributed by atoms with Gasteiger partial charge in [0.1, 0.15) is 0 Å². The fourth-order valence-electron chi connectivity index (χ4n) is 19.8. The Morgan fingerprint density at radius 3 is 0.404 bits per heavy atom. The van der Waals surface area contributed by atoms with Crippen molar-refractivity contribution in [3.63, 3.8) is 0 Å². The third-order valence-corrected chi connectivity index (χ3v) is 28.7. The van der Waals surface area contributed by atoms with Crippen molar-refractivity contribution >= 4 is 55.7 Å². The average molecular weight is 1380 g/mol. The standard InChI is InChI=1S/C102H124N2/c1-53-61(9)73(21)93(74(22)62(53)10)99(29,30)81-37-45-85(46-38-81)103(86-47-39-82(40-48-86)100(31,32)94-75(23)63(11)54(2)64(12)76(94)24)97-89-69(17)57(5)59(7)71(19)91(89)98(92-72(20)60(8)58(6)70(18)90(92)97)104(87-49-41-83(42-50-87)101(33,34)95-77(25)65(13)55(3)66(14)78(95)26)88-51-43-84(44-52-88)102(35,36)96-79(27)67(15)56(4)68(16)80(96)28/h37-52H,1-36H3. The number of nitrogens with zero attached hydrogens (tertiary/aromatic N) is 2. The predicted molar refractivity (Wildman–Crippen MR) is 458 cm³/mol. The quantitative estimate of drug-likeness (QED) is 0.0791. The fraction of sp³-hybridized carbons (Fsp3) is 0.392. The summed E-state index contributed by atoms with van der Waals surface area (Å²) in [6, 6.07) is 39.1. The van der Waals surface area contributed by atoms with Crippen LogP contribution in [-0.2, 0) is 21.7 Å². The highest BCUT2D eigenvalue weighted by Gasteiger charge is 2.37. The van der Waals surface area contributed by atoms with Gasteiger partial charge in [-0.2, -0.15) is 0 Å². The highest BCUT2D eigenvalue weighted by Crippen LogP contribution is 2.57. The van der Waals surface area contributed by atoms with E-state index in [0.29, 0.717) is 0 Å². The molecule has 0 amide bonds. The number of hydrogen-bond acceptors (Lipinski definition) is 2. The second kappa shape index (κ2) is 26.8. The third kappa shape index (κ3) is 11.5. The maximum Gasteiger partial charge on any atom is 0.0625 e. The molecule has 0 bridgehead atoms. The van der Waals surface area contributed by atoms with Crippen LogP contribution in [0, 0.1) is 194 Å². The highest BCUT2D eigenvalue weighted by atomic mass is 15.2. The summed E-state index contributed by atoms with van der Waals surface area (Å²) in [4.78, 5) is 5.35. The van der Waals surface area contributed by atoms with Crippen LogP contribution in [-0.4, -0.2) is 0 Å². The average Bonchev–Trinajstić information content (AvgIpc) is 0.694. The molecule has 0 atom stereocenters. The molecule has 0 fully saturated rings. The SMILES string of the molecule is Cc1c(C)c(C)c(C(C)(C)c2ccc(N(c3ccc(C(C)(C)c4c(C)c(C)c(C)c(C)c4C)cc3)c3c4c(C)c(C)c(C)c(C)c4c(N(c4ccc(C(C)(C)c5c(C)c(C)c(C)c(C)c5C)cc4)c4ccc(C(C)(C)c5c(C)c(C)c(C)c(C)c5C)cc4)c4c(C)c(C)c(C)c(C)c34)cc2)c(C)c1C. The van der Waals surface area contributed by atoms with Crippen LogP contribution in [0.4, 0.5) is 34.1 Å². The Labute approximate surface area is 629 Å². The Morgan fingerprint density at radius 2 is 0.269 bits per heavy atom. The first kappa shape index (κ1) is 76.7. The van der Waals surface area contributed by atoms with Crippen molar-refractivity contribution in [1.82, 2.24) is 0 Å². The molecule has 2 nitrogen and oxygen atoms in total. The van der Waals surface area contributed by atoms with Crippen molar-refractivity contribution in [2.75, 3.05) is 9.80 Å². The number of hydrogen-bond donors (Lipinski definition) is 0. The summed E-state index contributed by atoms with van der Waals surface area (Å²) in [6.07, 6.45) is 0. The minimum absolute atomic E-state index is 0.276. The van der Waals surface area contributed by atoms with Crippen LogP contribution in [0.25, 0.3) is 21.5 Å². The van der Waals surface area contributed by atoms with Crippen LogP contribution in [0.5, 0.6) is 0 Å². The maximum atomic E-state index is 2.67. The molecule has 0 N–H and O–H groups in total. The summed E-state index contributed by atoms with van der Waals surface area (Å²) in [5, 5.41) is 5.09. The molecule has 0 saturated carbocycles. The van der Waals surface area contributed by atoms with Crippen LogP contribution in [0.15, 0.2) is 97.1 Å². The predicted octanol–water partition coefficient (Wildman–Crippen LogP) is 28.9. The number of rotatable bonds is 14. The molecule has 11 rings (SSSR count). The summed E-state index contributed by atoms with van der Waals surface area (Å²) < 4.78 is 0. The van der Waals surface area contributed by atoms with Gasteiger partial charge in [-0.1, -0.05) is 104 Å². The van der Waals surface area contributed by atoms with Gasteiger partial charge in [0.25, 0.3) is 0 Å². The van der Waals surface area contributed by atoms with Gasteiger partial charge < -0.3 is 9.80 Å². The molecule has 0 unspecified atom stereocenters. The molecule has 0 aliphatic rings. The second-order valence-corrected chi connectivity index (χ2v) is 34.6. The third-order valence-electron chi connectivity index (χ3n) is 28.7. The van der Waals surface area contributed by atoms with E-state index < -0.39 is 0 Å². The summed E-state index contributed by atoms with van der Waals surface area (Å²) in [7, 11) is 0. The molecule has 2 heteroatoms. The Hall–Kier alpha value is -8.46. The van der Waals surface area contributed by atoms with E-state index in [1.165, 1.54) is 233 Å². The first-order valence-electron chi connectivity index (χ1n) is 38.6. The van der Waals surface area contributed by atoms with Gasteiger partial charge in [0.05, 0.1) is 11.4 Å². The molecular weight excluding hydrogens is 1250 g/mol. The van der Waals surface area contributed by atoms with Crippen molar-refractivity contribution in [2.24, 2.45) is 0 Å². The van der Waals surface area contributed by atoms with Crippen molar-refractivity contribution in [2.45, 2.75) is 271 Å². The molecule has 0 heterocycles. The van der Waals surface area contributed by atoms with Crippen molar-refractivity contribution in [3.05, 3.63) is 297 Å². The molecule has 11 aromatic carbocycles. The van der Waals surface area contributed by atoms with Gasteiger partial charge in [0.2, 0.25) is 0 Å². The highest BCUT2D eigenvalue weighted by molar-refractivity contribution is 6.27. The van der Waals surface area contributed by atoms with E-state index in [2.05, 4.69) is 356 Å². The lowest BCUT2D eigenvalue weighted by molar-refractivity contribution is 0.628.